The monoisotopic (exact) mass is 378 g/mol. The maximum Gasteiger partial charge on any atom is 0.0902 e. The molecule has 3 heteroatoms. The highest BCUT2D eigenvalue weighted by molar-refractivity contribution is 7.58. The van der Waals surface area contributed by atoms with Crippen molar-refractivity contribution >= 4 is 7.92 Å². The highest BCUT2D eigenvalue weighted by atomic mass is 31.1. The van der Waals surface area contributed by atoms with Gasteiger partial charge >= 0.3 is 0 Å². The lowest BCUT2D eigenvalue weighted by Gasteiger charge is -2.35. The Labute approximate surface area is 165 Å². The molecule has 2 aromatic carbocycles. The summed E-state index contributed by atoms with van der Waals surface area (Å²) in [5, 5.41) is 0. The molecule has 0 N–H and O–H groups in total. The average molecular weight is 379 g/mol. The van der Waals surface area contributed by atoms with Gasteiger partial charge in [-0.15, -0.1) is 0 Å². The van der Waals surface area contributed by atoms with Gasteiger partial charge in [-0.2, -0.15) is 0 Å². The van der Waals surface area contributed by atoms with Crippen molar-refractivity contribution in [2.24, 2.45) is 0 Å². The summed E-state index contributed by atoms with van der Waals surface area (Å²) in [6.07, 6.45) is 8.42. The first-order valence-corrected chi connectivity index (χ1v) is 11.7. The average Bonchev–Trinajstić information content (AvgIpc) is 3.31. The lowest BCUT2D eigenvalue weighted by Crippen LogP contribution is -2.39. The van der Waals surface area contributed by atoms with Crippen LogP contribution in [0.4, 0.5) is 0 Å². The largest absolute Gasteiger partial charge is 0.354 e. The van der Waals surface area contributed by atoms with Crippen molar-refractivity contribution in [2.75, 3.05) is 13.0 Å². The minimum absolute atomic E-state index is 0.142. The standard InChI is InChI=1S/C24H31N2P/c1-24(2,3)26-17-16-25(18-26)19-27-22(20-10-6-4-7-11-20)14-15-23(27)21-12-8-5-9-13-21/h4-13,16-17,22-23H,14-15,18-19H2,1-3H3/t22-,23-/m0/s1. The molecule has 0 amide bonds. The molecule has 0 saturated carbocycles. The Bertz CT molecular complexity index is 718. The molecular formula is C24H31N2P. The van der Waals surface area contributed by atoms with Crippen LogP contribution in [-0.4, -0.2) is 28.3 Å². The van der Waals surface area contributed by atoms with Crippen molar-refractivity contribution in [1.82, 2.24) is 9.80 Å². The summed E-state index contributed by atoms with van der Waals surface area (Å²) < 4.78 is 0. The molecule has 0 aromatic heterocycles. The van der Waals surface area contributed by atoms with E-state index in [0.717, 1.165) is 6.67 Å². The molecule has 2 nitrogen and oxygen atoms in total. The summed E-state index contributed by atoms with van der Waals surface area (Å²) >= 11 is 0. The molecule has 2 aliphatic rings. The van der Waals surface area contributed by atoms with Gasteiger partial charge in [0.15, 0.2) is 0 Å². The van der Waals surface area contributed by atoms with Crippen LogP contribution in [0.15, 0.2) is 73.1 Å². The van der Waals surface area contributed by atoms with Crippen molar-refractivity contribution < 1.29 is 0 Å². The second kappa shape index (κ2) is 7.68. The number of nitrogens with zero attached hydrogens (tertiary/aromatic N) is 2. The van der Waals surface area contributed by atoms with E-state index < -0.39 is 0 Å². The summed E-state index contributed by atoms with van der Waals surface area (Å²) in [6, 6.07) is 22.5. The van der Waals surface area contributed by atoms with Crippen LogP contribution >= 0.6 is 7.92 Å². The number of hydrogen-bond acceptors (Lipinski definition) is 2. The van der Waals surface area contributed by atoms with E-state index in [1.54, 1.807) is 0 Å². The first kappa shape index (κ1) is 18.6. The molecule has 0 aliphatic carbocycles. The Morgan fingerprint density at radius 1 is 0.815 bits per heavy atom. The van der Waals surface area contributed by atoms with Crippen LogP contribution in [-0.2, 0) is 0 Å². The third kappa shape index (κ3) is 4.06. The van der Waals surface area contributed by atoms with Gasteiger partial charge in [0, 0.05) is 35.5 Å². The van der Waals surface area contributed by atoms with Crippen LogP contribution in [0.3, 0.4) is 0 Å². The van der Waals surface area contributed by atoms with E-state index in [1.165, 1.54) is 30.3 Å². The van der Waals surface area contributed by atoms with Crippen LogP contribution < -0.4 is 0 Å². The zero-order chi connectivity index (χ0) is 18.9. The normalized spacial score (nSPS) is 23.4. The predicted molar refractivity (Wildman–Crippen MR) is 117 cm³/mol. The van der Waals surface area contributed by atoms with Crippen molar-refractivity contribution in [3.05, 3.63) is 84.2 Å². The van der Waals surface area contributed by atoms with E-state index in [2.05, 4.69) is 104 Å². The SMILES string of the molecule is CC(C)(C)N1C=CN(CP2[C@H](c3ccccc3)CC[C@H]2c2ccccc2)C1. The van der Waals surface area contributed by atoms with E-state index >= 15 is 0 Å². The molecule has 0 radical (unpaired) electrons. The first-order valence-electron chi connectivity index (χ1n) is 10.1. The molecule has 1 fully saturated rings. The molecule has 2 heterocycles. The predicted octanol–water partition coefficient (Wildman–Crippen LogP) is 6.55. The molecule has 0 spiro atoms. The number of hydrogen-bond donors (Lipinski definition) is 0. The Kier molecular flexibility index (Phi) is 5.28. The number of benzene rings is 2. The molecule has 142 valence electrons. The van der Waals surface area contributed by atoms with Gasteiger partial charge < -0.3 is 9.80 Å². The van der Waals surface area contributed by atoms with Crippen LogP contribution in [0.2, 0.25) is 0 Å². The lowest BCUT2D eigenvalue weighted by atomic mass is 10.0. The second-order valence-corrected chi connectivity index (χ2v) is 11.3. The Morgan fingerprint density at radius 3 is 1.78 bits per heavy atom. The molecule has 1 saturated heterocycles. The van der Waals surface area contributed by atoms with E-state index in [1.807, 2.05) is 0 Å². The third-order valence-corrected chi connectivity index (χ3v) is 9.28. The molecule has 27 heavy (non-hydrogen) atoms. The van der Waals surface area contributed by atoms with Crippen molar-refractivity contribution in [2.45, 2.75) is 50.5 Å². The molecular weight excluding hydrogens is 347 g/mol. The minimum atomic E-state index is -0.142. The van der Waals surface area contributed by atoms with Gasteiger partial charge in [0.2, 0.25) is 0 Å². The highest BCUT2D eigenvalue weighted by Gasteiger charge is 2.38. The van der Waals surface area contributed by atoms with Crippen LogP contribution in [0.5, 0.6) is 0 Å². The van der Waals surface area contributed by atoms with Crippen molar-refractivity contribution in [3.63, 3.8) is 0 Å². The van der Waals surface area contributed by atoms with E-state index in [-0.39, 0.29) is 13.5 Å². The fourth-order valence-electron chi connectivity index (χ4n) is 4.33. The zero-order valence-corrected chi connectivity index (χ0v) is 17.6. The fraction of sp³-hybridized carbons (Fsp3) is 0.417. The fourth-order valence-corrected chi connectivity index (χ4v) is 7.83. The molecule has 2 aliphatic heterocycles. The second-order valence-electron chi connectivity index (χ2n) is 8.75. The van der Waals surface area contributed by atoms with Gasteiger partial charge in [-0.05, 0) is 44.7 Å². The Balaban J connectivity index is 1.57. The van der Waals surface area contributed by atoms with Gasteiger partial charge in [-0.1, -0.05) is 68.6 Å². The smallest absolute Gasteiger partial charge is 0.0902 e. The summed E-state index contributed by atoms with van der Waals surface area (Å²) in [6.45, 7) is 7.90. The molecule has 0 unspecified atom stereocenters. The highest BCUT2D eigenvalue weighted by Crippen LogP contribution is 2.70. The number of rotatable bonds is 4. The van der Waals surface area contributed by atoms with Gasteiger partial charge in [0.25, 0.3) is 0 Å². The van der Waals surface area contributed by atoms with Crippen LogP contribution in [0, 0.1) is 0 Å². The maximum atomic E-state index is 2.55. The Morgan fingerprint density at radius 2 is 1.33 bits per heavy atom. The maximum absolute atomic E-state index is 2.55. The molecule has 0 bridgehead atoms. The zero-order valence-electron chi connectivity index (χ0n) is 16.8. The van der Waals surface area contributed by atoms with Gasteiger partial charge in [-0.3, -0.25) is 0 Å². The van der Waals surface area contributed by atoms with Crippen LogP contribution in [0.25, 0.3) is 0 Å². The lowest BCUT2D eigenvalue weighted by molar-refractivity contribution is 0.171. The first-order chi connectivity index (χ1) is 13.0. The van der Waals surface area contributed by atoms with Gasteiger partial charge in [0.1, 0.15) is 0 Å². The van der Waals surface area contributed by atoms with E-state index in [9.17, 15) is 0 Å². The summed E-state index contributed by atoms with van der Waals surface area (Å²) in [5.74, 6) is 0. The van der Waals surface area contributed by atoms with Gasteiger partial charge in [0.05, 0.1) is 6.67 Å². The summed E-state index contributed by atoms with van der Waals surface area (Å²) in [4.78, 5) is 5.00. The van der Waals surface area contributed by atoms with Crippen LogP contribution in [0.1, 0.15) is 56.1 Å². The third-order valence-electron chi connectivity index (χ3n) is 5.88. The van der Waals surface area contributed by atoms with E-state index in [4.69, 9.17) is 0 Å². The summed E-state index contributed by atoms with van der Waals surface area (Å²) in [7, 11) is -0.142. The van der Waals surface area contributed by atoms with Crippen molar-refractivity contribution in [3.8, 4) is 0 Å². The molecule has 4 rings (SSSR count). The minimum Gasteiger partial charge on any atom is -0.354 e. The Hall–Kier alpha value is -1.79. The summed E-state index contributed by atoms with van der Waals surface area (Å²) in [5.41, 5.74) is 4.69. The topological polar surface area (TPSA) is 6.48 Å². The molecule has 2 atom stereocenters. The van der Waals surface area contributed by atoms with Crippen molar-refractivity contribution in [1.29, 1.82) is 0 Å². The van der Waals surface area contributed by atoms with Gasteiger partial charge in [-0.25, -0.2) is 0 Å². The quantitative estimate of drug-likeness (QED) is 0.557. The van der Waals surface area contributed by atoms with E-state index in [0.29, 0.717) is 11.3 Å². The molecule has 2 aromatic rings.